The van der Waals surface area contributed by atoms with Crippen molar-refractivity contribution in [3.63, 3.8) is 0 Å². The molecule has 0 saturated carbocycles. The van der Waals surface area contributed by atoms with Crippen LogP contribution in [0.5, 0.6) is 0 Å². The number of nitrogens with two attached hydrogens (primary N) is 1. The minimum absolute atomic E-state index is 0.277. The molecule has 150 valence electrons. The second-order valence-electron chi connectivity index (χ2n) is 7.18. The highest BCUT2D eigenvalue weighted by atomic mass is 35.5. The number of halogens is 1. The van der Waals surface area contributed by atoms with E-state index >= 15 is 0 Å². The molecule has 2 heterocycles. The van der Waals surface area contributed by atoms with E-state index in [0.29, 0.717) is 31.1 Å². The zero-order valence-electron chi connectivity index (χ0n) is 16.1. The second kappa shape index (κ2) is 8.22. The number of primary amides is 1. The van der Waals surface area contributed by atoms with E-state index in [1.807, 2.05) is 37.4 Å². The molecule has 1 aromatic heterocycles. The topological polar surface area (TPSA) is 70.1 Å². The van der Waals surface area contributed by atoms with Crippen LogP contribution in [0, 0.1) is 0 Å². The number of nitrogens with zero attached hydrogens (tertiary/aromatic N) is 2. The minimum Gasteiger partial charge on any atom is -0.381 e. The lowest BCUT2D eigenvalue weighted by Gasteiger charge is -2.34. The number of benzene rings is 2. The van der Waals surface area contributed by atoms with Crippen molar-refractivity contribution in [2.24, 2.45) is 12.8 Å². The Morgan fingerprint density at radius 1 is 1.17 bits per heavy atom. The van der Waals surface area contributed by atoms with E-state index in [0.717, 1.165) is 26.6 Å². The van der Waals surface area contributed by atoms with Gasteiger partial charge in [0.25, 0.3) is 0 Å². The van der Waals surface area contributed by atoms with E-state index in [4.69, 9.17) is 22.1 Å². The molecule has 1 fully saturated rings. The van der Waals surface area contributed by atoms with Crippen molar-refractivity contribution >= 4 is 29.3 Å². The van der Waals surface area contributed by atoms with Gasteiger partial charge in [0.15, 0.2) is 0 Å². The van der Waals surface area contributed by atoms with Crippen LogP contribution in [0.3, 0.4) is 0 Å². The molecule has 1 aliphatic heterocycles. The summed E-state index contributed by atoms with van der Waals surface area (Å²) in [5, 5.41) is 4.82. The van der Waals surface area contributed by atoms with Gasteiger partial charge in [-0.25, -0.2) is 0 Å². The Morgan fingerprint density at radius 2 is 1.90 bits per heavy atom. The van der Waals surface area contributed by atoms with Crippen LogP contribution in [0.15, 0.2) is 64.5 Å². The molecule has 5 nitrogen and oxygen atoms in total. The lowest BCUT2D eigenvalue weighted by molar-refractivity contribution is -0.127. The summed E-state index contributed by atoms with van der Waals surface area (Å²) < 4.78 is 7.22. The first-order chi connectivity index (χ1) is 14.0. The quantitative estimate of drug-likeness (QED) is 0.654. The molecule has 0 radical (unpaired) electrons. The summed E-state index contributed by atoms with van der Waals surface area (Å²) in [5.74, 6) is -0.277. The highest BCUT2D eigenvalue weighted by Gasteiger charge is 2.40. The molecule has 3 aromatic rings. The third-order valence-electron chi connectivity index (χ3n) is 5.46. The Kier molecular flexibility index (Phi) is 5.67. The van der Waals surface area contributed by atoms with E-state index < -0.39 is 5.41 Å². The molecule has 7 heteroatoms. The first-order valence-corrected chi connectivity index (χ1v) is 10.6. The van der Waals surface area contributed by atoms with Gasteiger partial charge in [-0.3, -0.25) is 9.48 Å². The van der Waals surface area contributed by atoms with Crippen molar-refractivity contribution in [3.05, 3.63) is 65.3 Å². The van der Waals surface area contributed by atoms with Gasteiger partial charge in [-0.15, -0.1) is 0 Å². The number of hydrogen-bond acceptors (Lipinski definition) is 4. The number of hydrogen-bond donors (Lipinski definition) is 1. The van der Waals surface area contributed by atoms with Gasteiger partial charge in [-0.05, 0) is 42.7 Å². The monoisotopic (exact) mass is 427 g/mol. The van der Waals surface area contributed by atoms with Crippen LogP contribution in [0.4, 0.5) is 0 Å². The fourth-order valence-corrected chi connectivity index (χ4v) is 4.96. The predicted octanol–water partition coefficient (Wildman–Crippen LogP) is 4.43. The van der Waals surface area contributed by atoms with Gasteiger partial charge in [0.2, 0.25) is 5.91 Å². The maximum Gasteiger partial charge on any atom is 0.228 e. The van der Waals surface area contributed by atoms with Crippen molar-refractivity contribution in [1.82, 2.24) is 9.78 Å². The van der Waals surface area contributed by atoms with Crippen molar-refractivity contribution in [2.75, 3.05) is 13.2 Å². The van der Waals surface area contributed by atoms with Gasteiger partial charge >= 0.3 is 0 Å². The van der Waals surface area contributed by atoms with Gasteiger partial charge in [0, 0.05) is 35.6 Å². The molecule has 2 N–H and O–H groups in total. The van der Waals surface area contributed by atoms with E-state index in [9.17, 15) is 4.79 Å². The molecule has 29 heavy (non-hydrogen) atoms. The Balaban J connectivity index is 1.57. The zero-order chi connectivity index (χ0) is 20.4. The number of rotatable bonds is 5. The molecule has 1 saturated heterocycles. The van der Waals surface area contributed by atoms with Crippen LogP contribution in [0.2, 0.25) is 5.02 Å². The maximum absolute atomic E-state index is 12.3. The normalized spacial score (nSPS) is 15.9. The maximum atomic E-state index is 12.3. The van der Waals surface area contributed by atoms with Crippen molar-refractivity contribution in [2.45, 2.75) is 28.0 Å². The Hall–Kier alpha value is -2.28. The van der Waals surface area contributed by atoms with Gasteiger partial charge in [0.1, 0.15) is 0 Å². The first kappa shape index (κ1) is 20.0. The molecule has 1 amide bonds. The van der Waals surface area contributed by atoms with Gasteiger partial charge in [-0.1, -0.05) is 47.6 Å². The molecule has 2 aromatic carbocycles. The predicted molar refractivity (Wildman–Crippen MR) is 115 cm³/mol. The SMILES string of the molecule is Cn1ncc(Cl)c1-c1ccc(Sc2cccc(C3(C(N)=O)CCOCC3)c2)cc1. The van der Waals surface area contributed by atoms with Gasteiger partial charge < -0.3 is 10.5 Å². The van der Waals surface area contributed by atoms with Crippen LogP contribution < -0.4 is 5.73 Å². The Morgan fingerprint density at radius 3 is 2.52 bits per heavy atom. The van der Waals surface area contributed by atoms with Crippen LogP contribution in [-0.2, 0) is 22.0 Å². The molecule has 0 atom stereocenters. The van der Waals surface area contributed by atoms with Crippen LogP contribution >= 0.6 is 23.4 Å². The molecule has 4 rings (SSSR count). The largest absolute Gasteiger partial charge is 0.381 e. The fourth-order valence-electron chi connectivity index (χ4n) is 3.81. The number of carbonyl (C=O) groups is 1. The summed E-state index contributed by atoms with van der Waals surface area (Å²) in [6.07, 6.45) is 2.89. The molecule has 0 aliphatic carbocycles. The zero-order valence-corrected chi connectivity index (χ0v) is 17.7. The highest BCUT2D eigenvalue weighted by Crippen LogP contribution is 2.38. The summed E-state index contributed by atoms with van der Waals surface area (Å²) in [6.45, 7) is 1.11. The van der Waals surface area contributed by atoms with Crippen molar-refractivity contribution < 1.29 is 9.53 Å². The van der Waals surface area contributed by atoms with Crippen LogP contribution in [0.1, 0.15) is 18.4 Å². The third-order valence-corrected chi connectivity index (χ3v) is 6.74. The number of ether oxygens (including phenoxy) is 1. The van der Waals surface area contributed by atoms with Gasteiger partial charge in [0.05, 0.1) is 22.3 Å². The van der Waals surface area contributed by atoms with E-state index in [2.05, 4.69) is 23.3 Å². The lowest BCUT2D eigenvalue weighted by atomic mass is 9.73. The Labute approximate surface area is 179 Å². The van der Waals surface area contributed by atoms with Gasteiger partial charge in [-0.2, -0.15) is 5.10 Å². The second-order valence-corrected chi connectivity index (χ2v) is 8.73. The van der Waals surface area contributed by atoms with E-state index in [-0.39, 0.29) is 5.91 Å². The highest BCUT2D eigenvalue weighted by molar-refractivity contribution is 7.99. The molecule has 0 unspecified atom stereocenters. The summed E-state index contributed by atoms with van der Waals surface area (Å²) in [4.78, 5) is 14.5. The average Bonchev–Trinajstić information content (AvgIpc) is 3.07. The van der Waals surface area contributed by atoms with Crippen molar-refractivity contribution in [3.8, 4) is 11.3 Å². The number of carbonyl (C=O) groups excluding carboxylic acids is 1. The number of aromatic nitrogens is 2. The fraction of sp³-hybridized carbons (Fsp3) is 0.273. The number of amides is 1. The van der Waals surface area contributed by atoms with Crippen LogP contribution in [-0.4, -0.2) is 28.9 Å². The molecule has 1 aliphatic rings. The standard InChI is InChI=1S/C22H22ClN3O2S/c1-26-20(19(23)14-25-26)15-5-7-17(8-6-15)29-18-4-2-3-16(13-18)22(21(24)27)9-11-28-12-10-22/h2-8,13-14H,9-12H2,1H3,(H2,24,27). The van der Waals surface area contributed by atoms with Crippen LogP contribution in [0.25, 0.3) is 11.3 Å². The lowest BCUT2D eigenvalue weighted by Crippen LogP contribution is -2.45. The molecular weight excluding hydrogens is 406 g/mol. The molecule has 0 bridgehead atoms. The average molecular weight is 428 g/mol. The summed E-state index contributed by atoms with van der Waals surface area (Å²) in [7, 11) is 1.88. The minimum atomic E-state index is -0.644. The van der Waals surface area contributed by atoms with E-state index in [1.165, 1.54) is 0 Å². The smallest absolute Gasteiger partial charge is 0.228 e. The van der Waals surface area contributed by atoms with Crippen molar-refractivity contribution in [1.29, 1.82) is 0 Å². The summed E-state index contributed by atoms with van der Waals surface area (Å²) in [5.41, 5.74) is 8.04. The Bertz CT molecular complexity index is 1010. The first-order valence-electron chi connectivity index (χ1n) is 9.43. The molecular formula is C22H22ClN3O2S. The summed E-state index contributed by atoms with van der Waals surface area (Å²) in [6, 6.07) is 16.3. The number of aryl methyl sites for hydroxylation is 1. The summed E-state index contributed by atoms with van der Waals surface area (Å²) >= 11 is 7.90. The van der Waals surface area contributed by atoms with E-state index in [1.54, 1.807) is 22.6 Å². The molecule has 0 spiro atoms. The third kappa shape index (κ3) is 3.92.